The number of benzene rings is 13. The van der Waals surface area contributed by atoms with Crippen molar-refractivity contribution in [2.24, 2.45) is 0 Å². The first-order valence-electron chi connectivity index (χ1n) is 28.3. The fourth-order valence-corrected chi connectivity index (χ4v) is 24.5. The minimum absolute atomic E-state index is 0.0943. The Morgan fingerprint density at radius 1 is 0.279 bits per heavy atom. The van der Waals surface area contributed by atoms with Crippen LogP contribution in [0.4, 0.5) is 26.3 Å². The number of fused-ring (bicyclic) bond motifs is 4. The van der Waals surface area contributed by atoms with E-state index >= 15 is 26.3 Å². The van der Waals surface area contributed by atoms with E-state index in [1.807, 2.05) is 231 Å². The van der Waals surface area contributed by atoms with Crippen molar-refractivity contribution in [3.05, 3.63) is 332 Å². The molecular formula is C74H55BF6O3P2. The Morgan fingerprint density at radius 3 is 0.756 bits per heavy atom. The van der Waals surface area contributed by atoms with E-state index in [4.69, 9.17) is 13.5 Å². The van der Waals surface area contributed by atoms with Gasteiger partial charge in [0, 0.05) is 0 Å². The Hall–Kier alpha value is -8.88. The van der Waals surface area contributed by atoms with Crippen LogP contribution in [0.2, 0.25) is 0 Å². The van der Waals surface area contributed by atoms with Crippen LogP contribution in [0.5, 0.6) is 5.75 Å². The van der Waals surface area contributed by atoms with Gasteiger partial charge in [0.05, 0.1) is 0 Å². The van der Waals surface area contributed by atoms with Gasteiger partial charge in [0.2, 0.25) is 0 Å². The van der Waals surface area contributed by atoms with Crippen LogP contribution in [0.15, 0.2) is 309 Å². The molecule has 0 aromatic heterocycles. The quantitative estimate of drug-likeness (QED) is 0.0418. The van der Waals surface area contributed by atoms with Crippen LogP contribution in [0.1, 0.15) is 22.3 Å². The monoisotopic (exact) mass is 1180 g/mol. The van der Waals surface area contributed by atoms with E-state index in [-0.39, 0.29) is 18.4 Å². The molecule has 0 aliphatic heterocycles. The van der Waals surface area contributed by atoms with Gasteiger partial charge in [0.25, 0.3) is 0 Å². The van der Waals surface area contributed by atoms with Crippen molar-refractivity contribution >= 4 is 95.9 Å². The van der Waals surface area contributed by atoms with Crippen LogP contribution in [-0.4, -0.2) is 7.32 Å². The molecule has 0 spiro atoms. The van der Waals surface area contributed by atoms with Crippen molar-refractivity contribution in [2.75, 3.05) is 0 Å². The molecule has 0 atom stereocenters. The Balaban J connectivity index is 1.23. The number of rotatable bonds is 16. The van der Waals surface area contributed by atoms with E-state index in [0.717, 1.165) is 54.2 Å². The molecule has 0 saturated heterocycles. The molecule has 0 unspecified atom stereocenters. The Morgan fingerprint density at radius 2 is 0.512 bits per heavy atom. The van der Waals surface area contributed by atoms with Crippen molar-refractivity contribution < 1.29 is 39.9 Å². The maximum absolute atomic E-state index is 15.4. The summed E-state index contributed by atoms with van der Waals surface area (Å²) in [4.78, 5) is 0. The molecule has 0 amide bonds. The van der Waals surface area contributed by atoms with Gasteiger partial charge in [-0.1, -0.05) is 0 Å². The Kier molecular flexibility index (Phi) is 14.5. The molecule has 13 aromatic rings. The van der Waals surface area contributed by atoms with Gasteiger partial charge >= 0.3 is 498 Å². The molecule has 0 saturated carbocycles. The van der Waals surface area contributed by atoms with Crippen molar-refractivity contribution in [3.8, 4) is 5.75 Å². The molecular weight excluding hydrogens is 1120 g/mol. The van der Waals surface area contributed by atoms with Gasteiger partial charge in [-0.15, -0.1) is 0 Å². The van der Waals surface area contributed by atoms with Gasteiger partial charge < -0.3 is 0 Å². The number of hydrogen-bond acceptors (Lipinski definition) is 3. The van der Waals surface area contributed by atoms with Gasteiger partial charge in [0.1, 0.15) is 0 Å². The molecule has 12 heteroatoms. The molecule has 13 aromatic carbocycles. The second-order valence-corrected chi connectivity index (χ2v) is 30.7. The molecule has 424 valence electrons. The second kappa shape index (κ2) is 22.2. The third-order valence-electron chi connectivity index (χ3n) is 16.9. The summed E-state index contributed by atoms with van der Waals surface area (Å²) in [6.45, 7) is -10.3. The minimum atomic E-state index is -5.24. The fourth-order valence-electron chi connectivity index (χ4n) is 13.0. The predicted octanol–water partition coefficient (Wildman–Crippen LogP) is 18.0. The number of alkyl halides is 6. The van der Waals surface area contributed by atoms with Crippen LogP contribution in [0.25, 0.3) is 43.1 Å². The van der Waals surface area contributed by atoms with Crippen LogP contribution in [-0.2, 0) is 33.6 Å². The average Bonchev–Trinajstić information content (AvgIpc) is 0.697. The summed E-state index contributed by atoms with van der Waals surface area (Å²) >= 11 is 0. The first kappa shape index (κ1) is 56.3. The zero-order chi connectivity index (χ0) is 59.0. The van der Waals surface area contributed by atoms with Crippen LogP contribution in [0, 0.1) is 0 Å². The van der Waals surface area contributed by atoms with E-state index in [2.05, 4.69) is 60.7 Å². The van der Waals surface area contributed by atoms with E-state index < -0.39 is 50.2 Å². The topological polar surface area (TPSA) is 27.7 Å². The summed E-state index contributed by atoms with van der Waals surface area (Å²) in [5.41, 5.74) is -1.36. The van der Waals surface area contributed by atoms with Crippen LogP contribution < -0.4 is 36.5 Å². The fraction of sp³-hybridized carbons (Fsp3) is 0.0541. The van der Waals surface area contributed by atoms with Crippen molar-refractivity contribution in [2.45, 2.75) is 24.7 Å². The standard InChI is InChI=1S/C74H55BF6O3P2/c76-73(77,78)58-49-59(74(79,80)81)51-60(50-58)82-75(83-85(61-31-7-1-8-32-61,62-33-9-2-10-34-62,63-35-11-3-12-36-63)52-71-67-43-23-19-27-54(67)47-55-28-20-24-44-68(55)71)84-86(64-37-13-4-14-38-64,65-39-15-5-16-40-65,66-41-17-6-18-42-66)53-72-69-45-25-21-29-56(69)48-57-30-22-26-46-70(57)72/h1-51H,52-53H2. The third-order valence-corrected chi connectivity index (χ3v) is 28.4. The molecule has 0 N–H and O–H groups in total. The molecule has 0 aliphatic rings. The first-order valence-corrected chi connectivity index (χ1v) is 32.9. The molecule has 0 heterocycles. The molecule has 0 fully saturated rings. The number of hydrogen-bond donors (Lipinski definition) is 0. The summed E-state index contributed by atoms with van der Waals surface area (Å²) in [6, 6.07) is 96.7. The van der Waals surface area contributed by atoms with E-state index in [1.165, 1.54) is 0 Å². The molecule has 0 radical (unpaired) electrons. The zero-order valence-electron chi connectivity index (χ0n) is 46.3. The molecule has 13 rings (SSSR count). The average molecular weight is 1180 g/mol. The van der Waals surface area contributed by atoms with E-state index in [0.29, 0.717) is 44.0 Å². The molecule has 0 aliphatic carbocycles. The summed E-state index contributed by atoms with van der Waals surface area (Å²) in [5.74, 6) is -0.778. The summed E-state index contributed by atoms with van der Waals surface area (Å²) in [6.07, 6.45) is -10.3. The maximum atomic E-state index is 15.4. The Bertz CT molecular complexity index is 3980. The third kappa shape index (κ3) is 9.62. The molecule has 0 bridgehead atoms. The van der Waals surface area contributed by atoms with Crippen LogP contribution in [0.3, 0.4) is 0 Å². The zero-order valence-corrected chi connectivity index (χ0v) is 48.1. The van der Waals surface area contributed by atoms with Crippen molar-refractivity contribution in [3.63, 3.8) is 0 Å². The second-order valence-electron chi connectivity index (χ2n) is 21.7. The van der Waals surface area contributed by atoms with Crippen LogP contribution >= 0.6 is 13.7 Å². The van der Waals surface area contributed by atoms with Crippen molar-refractivity contribution in [1.82, 2.24) is 0 Å². The predicted molar refractivity (Wildman–Crippen MR) is 346 cm³/mol. The normalized spacial score (nSPS) is 13.2. The molecule has 86 heavy (non-hydrogen) atoms. The number of halogens is 6. The first-order chi connectivity index (χ1) is 41.8. The van der Waals surface area contributed by atoms with Crippen molar-refractivity contribution in [1.29, 1.82) is 0 Å². The van der Waals surface area contributed by atoms with Gasteiger partial charge in [-0.3, -0.25) is 0 Å². The van der Waals surface area contributed by atoms with Gasteiger partial charge in [-0.25, -0.2) is 0 Å². The van der Waals surface area contributed by atoms with Gasteiger partial charge in [-0.2, -0.15) is 0 Å². The summed E-state index contributed by atoms with van der Waals surface area (Å²) in [7, 11) is -2.17. The summed E-state index contributed by atoms with van der Waals surface area (Å²) < 4.78 is 117. The van der Waals surface area contributed by atoms with E-state index in [9.17, 15) is 0 Å². The van der Waals surface area contributed by atoms with E-state index in [1.54, 1.807) is 0 Å². The Labute approximate surface area is 495 Å². The summed E-state index contributed by atoms with van der Waals surface area (Å²) in [5, 5.41) is 11.6. The van der Waals surface area contributed by atoms with Gasteiger partial charge in [0.15, 0.2) is 0 Å². The SMILES string of the molecule is FC(F)(F)c1cc(OB(OP(Cc2c3ccccc3cc3ccccc23)(c2ccccc2)(c2ccccc2)c2ccccc2)OP(Cc2c3ccccc3cc3ccccc23)(c2ccccc2)(c2ccccc2)c2ccccc2)cc(C(F)(F)F)c1. The molecule has 3 nitrogen and oxygen atoms in total. The van der Waals surface area contributed by atoms with Gasteiger partial charge in [-0.05, 0) is 0 Å².